The minimum Gasteiger partial charge on any atom is -0.454 e. The van der Waals surface area contributed by atoms with Gasteiger partial charge in [-0.05, 0) is 26.9 Å². The Morgan fingerprint density at radius 2 is 1.85 bits per heavy atom. The first-order valence-corrected chi connectivity index (χ1v) is 10.1. The normalized spacial score (nSPS) is 16.6. The number of likely N-dealkylation sites (N-methyl/N-ethyl adjacent to an activating group) is 1. The van der Waals surface area contributed by atoms with Gasteiger partial charge in [0.05, 0.1) is 10.2 Å². The van der Waals surface area contributed by atoms with E-state index in [-0.39, 0.29) is 31.0 Å². The van der Waals surface area contributed by atoms with Gasteiger partial charge < -0.3 is 14.4 Å². The highest BCUT2D eigenvalue weighted by Gasteiger charge is 2.29. The number of benzene rings is 1. The van der Waals surface area contributed by atoms with Crippen LogP contribution in [0.5, 0.6) is 11.5 Å². The number of thiazole rings is 1. The molecule has 6 nitrogen and oxygen atoms in total. The molecule has 2 aromatic rings. The molecule has 1 fully saturated rings. The summed E-state index contributed by atoms with van der Waals surface area (Å²) >= 11 is 1.56. The number of halogens is 1. The van der Waals surface area contributed by atoms with E-state index in [1.807, 2.05) is 31.1 Å². The third-order valence-electron chi connectivity index (χ3n) is 5.09. The number of hydrogen-bond acceptors (Lipinski definition) is 6. The van der Waals surface area contributed by atoms with Crippen LogP contribution in [0.1, 0.15) is 32.1 Å². The maximum Gasteiger partial charge on any atom is 0.231 e. The minimum absolute atomic E-state index is 0. The number of carbonyl (C=O) groups excluding carboxylic acids is 1. The lowest BCUT2D eigenvalue weighted by atomic mass is 9.88. The van der Waals surface area contributed by atoms with Gasteiger partial charge in [-0.2, -0.15) is 0 Å². The lowest BCUT2D eigenvalue weighted by Gasteiger charge is -2.28. The predicted octanol–water partition coefficient (Wildman–Crippen LogP) is 3.92. The second-order valence-electron chi connectivity index (χ2n) is 7.30. The van der Waals surface area contributed by atoms with Gasteiger partial charge in [0, 0.05) is 31.1 Å². The molecular weight excluding hydrogens is 386 g/mol. The average Bonchev–Trinajstić information content (AvgIpc) is 3.25. The number of nitrogens with zero attached hydrogens (tertiary/aromatic N) is 3. The fourth-order valence-corrected chi connectivity index (χ4v) is 4.60. The van der Waals surface area contributed by atoms with Crippen molar-refractivity contribution in [2.24, 2.45) is 5.92 Å². The Morgan fingerprint density at radius 1 is 1.15 bits per heavy atom. The molecule has 0 N–H and O–H groups in total. The first-order chi connectivity index (χ1) is 12.6. The van der Waals surface area contributed by atoms with Crippen LogP contribution in [0.15, 0.2) is 12.1 Å². The van der Waals surface area contributed by atoms with Gasteiger partial charge in [0.15, 0.2) is 16.6 Å². The number of hydrogen-bond donors (Lipinski definition) is 0. The van der Waals surface area contributed by atoms with E-state index in [1.165, 1.54) is 6.42 Å². The minimum atomic E-state index is 0. The molecule has 2 aliphatic rings. The van der Waals surface area contributed by atoms with E-state index >= 15 is 0 Å². The fourth-order valence-electron chi connectivity index (χ4n) is 3.59. The third-order valence-corrected chi connectivity index (χ3v) is 6.13. The van der Waals surface area contributed by atoms with Crippen LogP contribution in [0.4, 0.5) is 5.13 Å². The Bertz CT molecular complexity index is 764. The summed E-state index contributed by atoms with van der Waals surface area (Å²) in [5.74, 6) is 1.85. The van der Waals surface area contributed by atoms with E-state index in [9.17, 15) is 4.79 Å². The van der Waals surface area contributed by atoms with Crippen LogP contribution in [-0.4, -0.2) is 49.8 Å². The van der Waals surface area contributed by atoms with Gasteiger partial charge in [0.25, 0.3) is 0 Å². The summed E-state index contributed by atoms with van der Waals surface area (Å²) in [5, 5.41) is 0.779. The summed E-state index contributed by atoms with van der Waals surface area (Å²) in [5.41, 5.74) is 0.862. The van der Waals surface area contributed by atoms with Crippen LogP contribution in [-0.2, 0) is 4.79 Å². The molecule has 1 aromatic carbocycles. The summed E-state index contributed by atoms with van der Waals surface area (Å²) in [4.78, 5) is 22.0. The number of carbonyl (C=O) groups is 1. The molecule has 0 atom stereocenters. The molecule has 1 amide bonds. The van der Waals surface area contributed by atoms with E-state index in [4.69, 9.17) is 14.5 Å². The van der Waals surface area contributed by atoms with Gasteiger partial charge in [-0.1, -0.05) is 30.6 Å². The molecule has 0 spiro atoms. The number of ether oxygens (including phenoxy) is 2. The van der Waals surface area contributed by atoms with Gasteiger partial charge >= 0.3 is 0 Å². The first-order valence-electron chi connectivity index (χ1n) is 9.28. The van der Waals surface area contributed by atoms with Crippen molar-refractivity contribution in [3.8, 4) is 11.5 Å². The molecule has 1 aromatic heterocycles. The largest absolute Gasteiger partial charge is 0.454 e. The highest BCUT2D eigenvalue weighted by Crippen LogP contribution is 2.40. The van der Waals surface area contributed by atoms with Crippen molar-refractivity contribution >= 4 is 45.0 Å². The topological polar surface area (TPSA) is 54.9 Å². The van der Waals surface area contributed by atoms with Gasteiger partial charge in [-0.3, -0.25) is 9.69 Å². The van der Waals surface area contributed by atoms with Gasteiger partial charge in [0.1, 0.15) is 0 Å². The Labute approximate surface area is 169 Å². The standard InChI is InChI=1S/C19H25N3O3S.ClH/c1-21(2)8-9-22(18(23)13-6-4-3-5-7-13)19-20-14-10-15-16(25-12-24-15)11-17(14)26-19;/h10-11,13H,3-9,12H2,1-2H3;1H. The Kier molecular flexibility index (Phi) is 6.44. The summed E-state index contributed by atoms with van der Waals surface area (Å²) in [7, 11) is 4.06. The summed E-state index contributed by atoms with van der Waals surface area (Å²) in [6.45, 7) is 1.74. The van der Waals surface area contributed by atoms with E-state index < -0.39 is 0 Å². The number of anilines is 1. The van der Waals surface area contributed by atoms with Crippen molar-refractivity contribution in [1.82, 2.24) is 9.88 Å². The lowest BCUT2D eigenvalue weighted by Crippen LogP contribution is -2.41. The first kappa shape index (κ1) is 20.2. The Hall–Kier alpha value is -1.57. The molecular formula is C19H26ClN3O3S. The maximum absolute atomic E-state index is 13.2. The molecule has 148 valence electrons. The third kappa shape index (κ3) is 4.31. The molecule has 1 aliphatic heterocycles. The summed E-state index contributed by atoms with van der Waals surface area (Å²) < 4.78 is 11.9. The fraction of sp³-hybridized carbons (Fsp3) is 0.579. The number of rotatable bonds is 5. The molecule has 8 heteroatoms. The van der Waals surface area contributed by atoms with Crippen molar-refractivity contribution in [3.05, 3.63) is 12.1 Å². The van der Waals surface area contributed by atoms with E-state index in [1.54, 1.807) is 11.3 Å². The molecule has 1 aliphatic carbocycles. The van der Waals surface area contributed by atoms with Crippen molar-refractivity contribution in [1.29, 1.82) is 0 Å². The predicted molar refractivity (Wildman–Crippen MR) is 110 cm³/mol. The molecule has 0 unspecified atom stereocenters. The quantitative estimate of drug-likeness (QED) is 0.746. The van der Waals surface area contributed by atoms with E-state index in [0.29, 0.717) is 6.54 Å². The van der Waals surface area contributed by atoms with Crippen LogP contribution >= 0.6 is 23.7 Å². The van der Waals surface area contributed by atoms with E-state index in [2.05, 4.69) is 4.90 Å². The van der Waals surface area contributed by atoms with E-state index in [0.717, 1.165) is 59.1 Å². The van der Waals surface area contributed by atoms with Crippen LogP contribution < -0.4 is 14.4 Å². The molecule has 0 bridgehead atoms. The molecule has 0 radical (unpaired) electrons. The summed E-state index contributed by atoms with van der Waals surface area (Å²) in [6.07, 6.45) is 5.54. The zero-order chi connectivity index (χ0) is 18.1. The van der Waals surface area contributed by atoms with Crippen LogP contribution in [0, 0.1) is 5.92 Å². The number of amides is 1. The smallest absolute Gasteiger partial charge is 0.231 e. The van der Waals surface area contributed by atoms with Crippen molar-refractivity contribution in [2.45, 2.75) is 32.1 Å². The molecule has 1 saturated carbocycles. The zero-order valence-corrected chi connectivity index (χ0v) is 17.4. The number of fused-ring (bicyclic) bond motifs is 2. The molecule has 0 saturated heterocycles. The zero-order valence-electron chi connectivity index (χ0n) is 15.8. The van der Waals surface area contributed by atoms with Crippen LogP contribution in [0.2, 0.25) is 0 Å². The lowest BCUT2D eigenvalue weighted by molar-refractivity contribution is -0.123. The maximum atomic E-state index is 13.2. The molecule has 2 heterocycles. The highest BCUT2D eigenvalue weighted by molar-refractivity contribution is 7.22. The second kappa shape index (κ2) is 8.63. The summed E-state index contributed by atoms with van der Waals surface area (Å²) in [6, 6.07) is 3.88. The second-order valence-corrected chi connectivity index (χ2v) is 8.31. The Balaban J connectivity index is 0.00000210. The van der Waals surface area contributed by atoms with Crippen LogP contribution in [0.3, 0.4) is 0 Å². The molecule has 4 rings (SSSR count). The van der Waals surface area contributed by atoms with Crippen molar-refractivity contribution < 1.29 is 14.3 Å². The monoisotopic (exact) mass is 411 g/mol. The van der Waals surface area contributed by atoms with Crippen molar-refractivity contribution in [2.75, 3.05) is 38.9 Å². The number of aromatic nitrogens is 1. The van der Waals surface area contributed by atoms with Crippen molar-refractivity contribution in [3.63, 3.8) is 0 Å². The molecule has 27 heavy (non-hydrogen) atoms. The highest BCUT2D eigenvalue weighted by atomic mass is 35.5. The van der Waals surface area contributed by atoms with Gasteiger partial charge in [0.2, 0.25) is 12.7 Å². The van der Waals surface area contributed by atoms with Gasteiger partial charge in [-0.15, -0.1) is 12.4 Å². The van der Waals surface area contributed by atoms with Gasteiger partial charge in [-0.25, -0.2) is 4.98 Å². The average molecular weight is 412 g/mol. The van der Waals surface area contributed by atoms with Crippen LogP contribution in [0.25, 0.3) is 10.2 Å². The Morgan fingerprint density at radius 3 is 2.56 bits per heavy atom. The SMILES string of the molecule is CN(C)CCN(C(=O)C1CCCCC1)c1nc2cc3c(cc2s1)OCO3.Cl.